The van der Waals surface area contributed by atoms with Crippen molar-refractivity contribution in [3.8, 4) is 0 Å². The summed E-state index contributed by atoms with van der Waals surface area (Å²) in [6.45, 7) is 0.593. The van der Waals surface area contributed by atoms with Gasteiger partial charge in [0.1, 0.15) is 0 Å². The molecular weight excluding hydrogens is 184 g/mol. The zero-order valence-corrected chi connectivity index (χ0v) is 8.33. The molecule has 1 aromatic heterocycles. The number of nitrogens with two attached hydrogens (primary N) is 1. The second-order valence-corrected chi connectivity index (χ2v) is 3.75. The van der Waals surface area contributed by atoms with Gasteiger partial charge in [0.05, 0.1) is 0 Å². The van der Waals surface area contributed by atoms with Gasteiger partial charge in [-0.1, -0.05) is 24.3 Å². The van der Waals surface area contributed by atoms with Crippen molar-refractivity contribution >= 4 is 21.8 Å². The third kappa shape index (κ3) is 1.22. The van der Waals surface area contributed by atoms with Crippen molar-refractivity contribution in [3.63, 3.8) is 0 Å². The molecular formula is C13H12N2. The van der Waals surface area contributed by atoms with Crippen molar-refractivity contribution < 1.29 is 0 Å². The van der Waals surface area contributed by atoms with Crippen LogP contribution in [0.4, 0.5) is 0 Å². The highest BCUT2D eigenvalue weighted by Gasteiger charge is 2.03. The number of benzene rings is 2. The Morgan fingerprint density at radius 2 is 1.73 bits per heavy atom. The summed E-state index contributed by atoms with van der Waals surface area (Å²) in [5, 5.41) is 2.52. The van der Waals surface area contributed by atoms with E-state index < -0.39 is 0 Å². The number of hydrogen-bond donors (Lipinski definition) is 2. The van der Waals surface area contributed by atoms with Gasteiger partial charge in [-0.25, -0.2) is 0 Å². The maximum Gasteiger partial charge on any atom is 0.0465 e. The molecule has 0 saturated heterocycles. The third-order valence-electron chi connectivity index (χ3n) is 2.81. The lowest BCUT2D eigenvalue weighted by atomic mass is 10.1. The molecule has 0 fully saturated rings. The fourth-order valence-electron chi connectivity index (χ4n) is 2.02. The Morgan fingerprint density at radius 1 is 0.933 bits per heavy atom. The van der Waals surface area contributed by atoms with Crippen LogP contribution in [0.3, 0.4) is 0 Å². The Labute approximate surface area is 87.7 Å². The van der Waals surface area contributed by atoms with Gasteiger partial charge in [0.15, 0.2) is 0 Å². The Morgan fingerprint density at radius 3 is 2.60 bits per heavy atom. The van der Waals surface area contributed by atoms with Crippen LogP contribution in [0, 0.1) is 0 Å². The number of aromatic amines is 1. The van der Waals surface area contributed by atoms with Crippen molar-refractivity contribution in [1.82, 2.24) is 4.98 Å². The van der Waals surface area contributed by atoms with Crippen molar-refractivity contribution in [2.75, 3.05) is 0 Å². The van der Waals surface area contributed by atoms with E-state index in [0.717, 1.165) is 0 Å². The molecule has 2 heteroatoms. The SMILES string of the molecule is NCc1ccc2[nH]c3ccccc3c2c1. The maximum absolute atomic E-state index is 5.64. The topological polar surface area (TPSA) is 41.8 Å². The number of nitrogens with one attached hydrogen (secondary N) is 1. The lowest BCUT2D eigenvalue weighted by Gasteiger charge is -1.96. The first-order valence-electron chi connectivity index (χ1n) is 5.08. The Balaban J connectivity index is 2.46. The van der Waals surface area contributed by atoms with E-state index in [-0.39, 0.29) is 0 Å². The second-order valence-electron chi connectivity index (χ2n) is 3.75. The van der Waals surface area contributed by atoms with Gasteiger partial charge in [-0.3, -0.25) is 0 Å². The second kappa shape index (κ2) is 3.11. The van der Waals surface area contributed by atoms with Gasteiger partial charge in [-0.15, -0.1) is 0 Å². The summed E-state index contributed by atoms with van der Waals surface area (Å²) in [5.74, 6) is 0. The van der Waals surface area contributed by atoms with E-state index in [9.17, 15) is 0 Å². The van der Waals surface area contributed by atoms with Gasteiger partial charge >= 0.3 is 0 Å². The number of para-hydroxylation sites is 1. The summed E-state index contributed by atoms with van der Waals surface area (Å²) in [6, 6.07) is 14.7. The molecule has 2 nitrogen and oxygen atoms in total. The molecule has 0 aliphatic carbocycles. The number of fused-ring (bicyclic) bond motifs is 3. The van der Waals surface area contributed by atoms with Crippen LogP contribution in [0.2, 0.25) is 0 Å². The molecule has 0 spiro atoms. The molecule has 3 N–H and O–H groups in total. The van der Waals surface area contributed by atoms with E-state index in [1.807, 2.05) is 6.07 Å². The standard InChI is InChI=1S/C13H12N2/c14-8-9-5-6-13-11(7-9)10-3-1-2-4-12(10)15-13/h1-7,15H,8,14H2. The van der Waals surface area contributed by atoms with Crippen LogP contribution in [-0.2, 0) is 6.54 Å². The first kappa shape index (κ1) is 8.50. The monoisotopic (exact) mass is 196 g/mol. The number of H-pyrrole nitrogens is 1. The quantitative estimate of drug-likeness (QED) is 0.617. The maximum atomic E-state index is 5.64. The molecule has 1 heterocycles. The van der Waals surface area contributed by atoms with E-state index in [1.165, 1.54) is 27.4 Å². The predicted octanol–water partition coefficient (Wildman–Crippen LogP) is 2.78. The van der Waals surface area contributed by atoms with Crippen LogP contribution in [-0.4, -0.2) is 4.98 Å². The average molecular weight is 196 g/mol. The number of rotatable bonds is 1. The molecule has 0 unspecified atom stereocenters. The summed E-state index contributed by atoms with van der Waals surface area (Å²) in [5.41, 5.74) is 9.17. The van der Waals surface area contributed by atoms with E-state index in [1.54, 1.807) is 0 Å². The van der Waals surface area contributed by atoms with Crippen LogP contribution < -0.4 is 5.73 Å². The minimum absolute atomic E-state index is 0.593. The van der Waals surface area contributed by atoms with Crippen molar-refractivity contribution in [1.29, 1.82) is 0 Å². The van der Waals surface area contributed by atoms with Gasteiger partial charge < -0.3 is 10.7 Å². The molecule has 0 radical (unpaired) electrons. The minimum Gasteiger partial charge on any atom is -0.355 e. The fraction of sp³-hybridized carbons (Fsp3) is 0.0769. The van der Waals surface area contributed by atoms with Gasteiger partial charge in [0.25, 0.3) is 0 Å². The molecule has 0 aliphatic heterocycles. The zero-order valence-electron chi connectivity index (χ0n) is 8.33. The Kier molecular flexibility index (Phi) is 1.76. The summed E-state index contributed by atoms with van der Waals surface area (Å²) in [7, 11) is 0. The van der Waals surface area contributed by atoms with E-state index in [4.69, 9.17) is 5.73 Å². The van der Waals surface area contributed by atoms with E-state index in [0.29, 0.717) is 6.54 Å². The highest BCUT2D eigenvalue weighted by Crippen LogP contribution is 2.25. The fourth-order valence-corrected chi connectivity index (χ4v) is 2.02. The number of hydrogen-bond acceptors (Lipinski definition) is 1. The molecule has 0 atom stereocenters. The lowest BCUT2D eigenvalue weighted by molar-refractivity contribution is 1.08. The third-order valence-corrected chi connectivity index (χ3v) is 2.81. The Hall–Kier alpha value is -1.80. The van der Waals surface area contributed by atoms with Crippen LogP contribution in [0.5, 0.6) is 0 Å². The lowest BCUT2D eigenvalue weighted by Crippen LogP contribution is -1.94. The first-order valence-corrected chi connectivity index (χ1v) is 5.08. The van der Waals surface area contributed by atoms with Gasteiger partial charge in [-0.2, -0.15) is 0 Å². The largest absolute Gasteiger partial charge is 0.355 e. The molecule has 15 heavy (non-hydrogen) atoms. The van der Waals surface area contributed by atoms with Crippen LogP contribution in [0.1, 0.15) is 5.56 Å². The highest BCUT2D eigenvalue weighted by atomic mass is 14.7. The first-order chi connectivity index (χ1) is 7.38. The van der Waals surface area contributed by atoms with Gasteiger partial charge in [-0.05, 0) is 23.8 Å². The van der Waals surface area contributed by atoms with Crippen LogP contribution in [0.25, 0.3) is 21.8 Å². The zero-order chi connectivity index (χ0) is 10.3. The molecule has 3 aromatic rings. The van der Waals surface area contributed by atoms with E-state index >= 15 is 0 Å². The summed E-state index contributed by atoms with van der Waals surface area (Å²) < 4.78 is 0. The predicted molar refractivity (Wildman–Crippen MR) is 63.7 cm³/mol. The number of aromatic nitrogens is 1. The summed E-state index contributed by atoms with van der Waals surface area (Å²) >= 11 is 0. The molecule has 74 valence electrons. The molecule has 0 amide bonds. The molecule has 0 saturated carbocycles. The highest BCUT2D eigenvalue weighted by molar-refractivity contribution is 6.07. The van der Waals surface area contributed by atoms with Gasteiger partial charge in [0, 0.05) is 28.4 Å². The van der Waals surface area contributed by atoms with Crippen molar-refractivity contribution in [3.05, 3.63) is 48.0 Å². The van der Waals surface area contributed by atoms with E-state index in [2.05, 4.69) is 41.4 Å². The van der Waals surface area contributed by atoms with Crippen LogP contribution >= 0.6 is 0 Å². The minimum atomic E-state index is 0.593. The molecule has 0 bridgehead atoms. The average Bonchev–Trinajstić information content (AvgIpc) is 2.66. The summed E-state index contributed by atoms with van der Waals surface area (Å²) in [4.78, 5) is 3.39. The van der Waals surface area contributed by atoms with Crippen molar-refractivity contribution in [2.24, 2.45) is 5.73 Å². The van der Waals surface area contributed by atoms with Crippen molar-refractivity contribution in [2.45, 2.75) is 6.54 Å². The Bertz CT molecular complexity index is 623. The molecule has 2 aromatic carbocycles. The summed E-state index contributed by atoms with van der Waals surface area (Å²) in [6.07, 6.45) is 0. The smallest absolute Gasteiger partial charge is 0.0465 e. The van der Waals surface area contributed by atoms with Gasteiger partial charge in [0.2, 0.25) is 0 Å². The normalized spacial score (nSPS) is 11.3. The molecule has 0 aliphatic rings. The molecule has 3 rings (SSSR count). The van der Waals surface area contributed by atoms with Crippen LogP contribution in [0.15, 0.2) is 42.5 Å².